The summed E-state index contributed by atoms with van der Waals surface area (Å²) in [5, 5.41) is 22.8. The fourth-order valence-electron chi connectivity index (χ4n) is 2.97. The molecular formula is C21H17N3O2S. The van der Waals surface area contributed by atoms with Gasteiger partial charge >= 0.3 is 0 Å². The van der Waals surface area contributed by atoms with Gasteiger partial charge in [-0.25, -0.2) is 0 Å². The van der Waals surface area contributed by atoms with Gasteiger partial charge < -0.3 is 10.4 Å². The number of phenols is 1. The molecule has 0 unspecified atom stereocenters. The zero-order valence-electron chi connectivity index (χ0n) is 14.4. The lowest BCUT2D eigenvalue weighted by Crippen LogP contribution is -2.26. The fourth-order valence-corrected chi connectivity index (χ4v) is 3.92. The summed E-state index contributed by atoms with van der Waals surface area (Å²) >= 11 is 1.40. The zero-order valence-corrected chi connectivity index (χ0v) is 15.2. The minimum Gasteiger partial charge on any atom is -0.508 e. The number of carbonyl (C=O) groups excluding carboxylic acids is 1. The molecule has 0 saturated carbocycles. The number of amidine groups is 1. The summed E-state index contributed by atoms with van der Waals surface area (Å²) in [6.45, 7) is 0. The lowest BCUT2D eigenvalue weighted by molar-refractivity contribution is -0.118. The van der Waals surface area contributed by atoms with Crippen LogP contribution in [0.4, 0.5) is 0 Å². The molecule has 0 radical (unpaired) electrons. The van der Waals surface area contributed by atoms with Gasteiger partial charge in [0, 0.05) is 0 Å². The smallest absolute Gasteiger partial charge is 0.239 e. The van der Waals surface area contributed by atoms with E-state index in [0.29, 0.717) is 11.6 Å². The summed E-state index contributed by atoms with van der Waals surface area (Å²) in [6.07, 6.45) is 2.22. The van der Waals surface area contributed by atoms with Gasteiger partial charge in [-0.1, -0.05) is 54.2 Å². The number of amides is 1. The number of aromatic hydroxyl groups is 1. The first-order chi connectivity index (χ1) is 13.2. The standard InChI is InChI=1S/C21H17N3O2S/c25-17-10-8-14(9-11-17)13-22-24-21-23-20(26)19(27-21)12-16-6-3-5-15-4-1-2-7-18(15)16/h1-11,13,19,25H,12H2,(H,23,24,26)/b22-13-/t19-/m1/s1. The molecule has 0 bridgehead atoms. The molecule has 3 aromatic rings. The van der Waals surface area contributed by atoms with Crippen molar-refractivity contribution >= 4 is 39.8 Å². The van der Waals surface area contributed by atoms with E-state index in [1.165, 1.54) is 22.5 Å². The second-order valence-electron chi connectivity index (χ2n) is 6.18. The van der Waals surface area contributed by atoms with Crippen LogP contribution in [0.5, 0.6) is 5.75 Å². The predicted octanol–water partition coefficient (Wildman–Crippen LogP) is 3.71. The Bertz CT molecular complexity index is 1040. The van der Waals surface area contributed by atoms with Crippen molar-refractivity contribution in [1.29, 1.82) is 0 Å². The van der Waals surface area contributed by atoms with Crippen molar-refractivity contribution in [2.75, 3.05) is 0 Å². The minimum atomic E-state index is -0.224. The minimum absolute atomic E-state index is 0.0495. The van der Waals surface area contributed by atoms with Crippen molar-refractivity contribution < 1.29 is 9.90 Å². The number of benzene rings is 3. The monoisotopic (exact) mass is 375 g/mol. The van der Waals surface area contributed by atoms with Crippen LogP contribution in [-0.2, 0) is 11.2 Å². The summed E-state index contributed by atoms with van der Waals surface area (Å²) in [4.78, 5) is 12.3. The van der Waals surface area contributed by atoms with Crippen LogP contribution in [0.1, 0.15) is 11.1 Å². The van der Waals surface area contributed by atoms with Crippen LogP contribution < -0.4 is 5.32 Å². The SMILES string of the molecule is O=C1N/C(=N/N=C\c2ccc(O)cc2)S[C@@H]1Cc1cccc2ccccc12. The highest BCUT2D eigenvalue weighted by atomic mass is 32.2. The third kappa shape index (κ3) is 4.01. The van der Waals surface area contributed by atoms with Gasteiger partial charge in [-0.05, 0) is 52.6 Å². The molecule has 1 saturated heterocycles. The molecular weight excluding hydrogens is 358 g/mol. The number of thioether (sulfide) groups is 1. The summed E-state index contributed by atoms with van der Waals surface area (Å²) in [5.41, 5.74) is 1.97. The summed E-state index contributed by atoms with van der Waals surface area (Å²) < 4.78 is 0. The van der Waals surface area contributed by atoms with Crippen LogP contribution in [0.3, 0.4) is 0 Å². The molecule has 5 nitrogen and oxygen atoms in total. The van der Waals surface area contributed by atoms with E-state index >= 15 is 0 Å². The van der Waals surface area contributed by atoms with Crippen molar-refractivity contribution in [3.8, 4) is 5.75 Å². The molecule has 6 heteroatoms. The van der Waals surface area contributed by atoms with Gasteiger partial charge in [0.15, 0.2) is 5.17 Å². The van der Waals surface area contributed by atoms with Gasteiger partial charge in [-0.3, -0.25) is 4.79 Å². The number of nitrogens with one attached hydrogen (secondary N) is 1. The molecule has 1 amide bonds. The number of carbonyl (C=O) groups is 1. The summed E-state index contributed by atoms with van der Waals surface area (Å²) in [7, 11) is 0. The number of rotatable bonds is 4. The van der Waals surface area contributed by atoms with E-state index in [-0.39, 0.29) is 16.9 Å². The van der Waals surface area contributed by atoms with Gasteiger partial charge in [-0.15, -0.1) is 5.10 Å². The number of nitrogens with zero attached hydrogens (tertiary/aromatic N) is 2. The first kappa shape index (κ1) is 17.3. The number of hydrogen-bond acceptors (Lipinski definition) is 5. The lowest BCUT2D eigenvalue weighted by Gasteiger charge is -2.09. The van der Waals surface area contributed by atoms with Crippen LogP contribution in [-0.4, -0.2) is 27.6 Å². The Labute approximate surface area is 160 Å². The number of hydrogen-bond donors (Lipinski definition) is 2. The highest BCUT2D eigenvalue weighted by Crippen LogP contribution is 2.27. The van der Waals surface area contributed by atoms with E-state index in [0.717, 1.165) is 11.1 Å². The maximum atomic E-state index is 12.3. The Morgan fingerprint density at radius 2 is 1.81 bits per heavy atom. The van der Waals surface area contributed by atoms with E-state index in [4.69, 9.17) is 0 Å². The maximum absolute atomic E-state index is 12.3. The van der Waals surface area contributed by atoms with Gasteiger partial charge in [0.05, 0.1) is 11.5 Å². The number of fused-ring (bicyclic) bond motifs is 1. The fraction of sp³-hybridized carbons (Fsp3) is 0.0952. The van der Waals surface area contributed by atoms with E-state index < -0.39 is 0 Å². The molecule has 1 fully saturated rings. The first-order valence-corrected chi connectivity index (χ1v) is 9.41. The number of phenolic OH excluding ortho intramolecular Hbond substituents is 1. The van der Waals surface area contributed by atoms with Crippen LogP contribution in [0.2, 0.25) is 0 Å². The molecule has 3 aromatic carbocycles. The van der Waals surface area contributed by atoms with Gasteiger partial charge in [-0.2, -0.15) is 5.10 Å². The van der Waals surface area contributed by atoms with Crippen LogP contribution in [0.25, 0.3) is 10.8 Å². The molecule has 1 atom stereocenters. The second kappa shape index (κ2) is 7.63. The predicted molar refractivity (Wildman–Crippen MR) is 110 cm³/mol. The van der Waals surface area contributed by atoms with Crippen LogP contribution >= 0.6 is 11.8 Å². The molecule has 1 aliphatic heterocycles. The van der Waals surface area contributed by atoms with E-state index in [2.05, 4.69) is 39.8 Å². The highest BCUT2D eigenvalue weighted by molar-refractivity contribution is 8.15. The Morgan fingerprint density at radius 1 is 1.04 bits per heavy atom. The largest absolute Gasteiger partial charge is 0.508 e. The van der Waals surface area contributed by atoms with E-state index in [9.17, 15) is 9.90 Å². The molecule has 1 heterocycles. The van der Waals surface area contributed by atoms with E-state index in [1.807, 2.05) is 18.2 Å². The van der Waals surface area contributed by atoms with Crippen LogP contribution in [0.15, 0.2) is 76.9 Å². The zero-order chi connectivity index (χ0) is 18.6. The quantitative estimate of drug-likeness (QED) is 0.539. The molecule has 134 valence electrons. The Kier molecular flexibility index (Phi) is 4.89. The molecule has 2 N–H and O–H groups in total. The molecule has 0 aliphatic carbocycles. The molecule has 4 rings (SSSR count). The van der Waals surface area contributed by atoms with E-state index in [1.54, 1.807) is 30.5 Å². The third-order valence-corrected chi connectivity index (χ3v) is 5.38. The first-order valence-electron chi connectivity index (χ1n) is 8.53. The van der Waals surface area contributed by atoms with Gasteiger partial charge in [0.2, 0.25) is 5.91 Å². The van der Waals surface area contributed by atoms with Gasteiger partial charge in [0.25, 0.3) is 0 Å². The molecule has 1 aliphatic rings. The Hall–Kier alpha value is -3.12. The maximum Gasteiger partial charge on any atom is 0.239 e. The van der Waals surface area contributed by atoms with Crippen molar-refractivity contribution in [2.24, 2.45) is 10.2 Å². The molecule has 0 aromatic heterocycles. The average molecular weight is 375 g/mol. The molecule has 0 spiro atoms. The normalized spacial score (nSPS) is 18.4. The van der Waals surface area contributed by atoms with Crippen molar-refractivity contribution in [2.45, 2.75) is 11.7 Å². The second-order valence-corrected chi connectivity index (χ2v) is 7.37. The average Bonchev–Trinajstić information content (AvgIpc) is 3.03. The third-order valence-electron chi connectivity index (χ3n) is 4.31. The highest BCUT2D eigenvalue weighted by Gasteiger charge is 2.30. The molecule has 27 heavy (non-hydrogen) atoms. The topological polar surface area (TPSA) is 74.0 Å². The van der Waals surface area contributed by atoms with Gasteiger partial charge in [0.1, 0.15) is 5.75 Å². The summed E-state index contributed by atoms with van der Waals surface area (Å²) in [6, 6.07) is 21.0. The van der Waals surface area contributed by atoms with Crippen LogP contribution in [0, 0.1) is 0 Å². The van der Waals surface area contributed by atoms with Crippen molar-refractivity contribution in [1.82, 2.24) is 5.32 Å². The lowest BCUT2D eigenvalue weighted by atomic mass is 10.0. The van der Waals surface area contributed by atoms with Crippen molar-refractivity contribution in [3.63, 3.8) is 0 Å². The summed E-state index contributed by atoms with van der Waals surface area (Å²) in [5.74, 6) is 0.153. The Balaban J connectivity index is 1.46. The Morgan fingerprint density at radius 3 is 2.67 bits per heavy atom. The van der Waals surface area contributed by atoms with Crippen molar-refractivity contribution in [3.05, 3.63) is 77.9 Å².